The molecule has 2 N–H and O–H groups in total. The second-order valence-electron chi connectivity index (χ2n) is 5.28. The zero-order valence-corrected chi connectivity index (χ0v) is 12.9. The Labute approximate surface area is 126 Å². The van der Waals surface area contributed by atoms with Gasteiger partial charge in [0.2, 0.25) is 5.91 Å². The van der Waals surface area contributed by atoms with E-state index in [2.05, 4.69) is 10.6 Å². The van der Waals surface area contributed by atoms with E-state index >= 15 is 0 Å². The lowest BCUT2D eigenvalue weighted by atomic mass is 9.95. The molecular formula is C16H24N2O3. The van der Waals surface area contributed by atoms with Crippen LogP contribution in [0.25, 0.3) is 0 Å². The fraction of sp³-hybridized carbons (Fsp3) is 0.562. The third kappa shape index (κ3) is 3.74. The normalized spacial score (nSPS) is 22.8. The monoisotopic (exact) mass is 292 g/mol. The van der Waals surface area contributed by atoms with Gasteiger partial charge in [-0.25, -0.2) is 0 Å². The van der Waals surface area contributed by atoms with E-state index in [-0.39, 0.29) is 24.0 Å². The molecule has 116 valence electrons. The molecule has 5 heteroatoms. The largest absolute Gasteiger partial charge is 0.497 e. The fourth-order valence-corrected chi connectivity index (χ4v) is 2.74. The average Bonchev–Trinajstić information content (AvgIpc) is 2.96. The van der Waals surface area contributed by atoms with Gasteiger partial charge in [-0.15, -0.1) is 0 Å². The molecule has 0 aromatic heterocycles. The van der Waals surface area contributed by atoms with Crippen LogP contribution in [0.15, 0.2) is 24.3 Å². The van der Waals surface area contributed by atoms with Gasteiger partial charge in [0.05, 0.1) is 25.2 Å². The standard InChI is InChI=1S/C16H24N2O3/c1-4-13(11-5-7-12(20-2)8-6-11)16(19)18-14-9-17-10-15(14)21-3/h5-8,13-15,17H,4,9-10H2,1-3H3,(H,18,19)/t13-,14+,15+/m1/s1. The first kappa shape index (κ1) is 15.8. The van der Waals surface area contributed by atoms with Crippen molar-refractivity contribution in [1.82, 2.24) is 10.6 Å². The molecule has 5 nitrogen and oxygen atoms in total. The lowest BCUT2D eigenvalue weighted by molar-refractivity contribution is -0.124. The van der Waals surface area contributed by atoms with Gasteiger partial charge in [-0.05, 0) is 24.1 Å². The van der Waals surface area contributed by atoms with E-state index in [1.807, 2.05) is 31.2 Å². The van der Waals surface area contributed by atoms with Crippen LogP contribution in [0.4, 0.5) is 0 Å². The van der Waals surface area contributed by atoms with Gasteiger partial charge in [-0.1, -0.05) is 19.1 Å². The molecular weight excluding hydrogens is 268 g/mol. The molecule has 21 heavy (non-hydrogen) atoms. The van der Waals surface area contributed by atoms with Crippen molar-refractivity contribution in [2.45, 2.75) is 31.4 Å². The third-order valence-corrected chi connectivity index (χ3v) is 4.03. The SMILES string of the molecule is CC[C@@H](C(=O)N[C@H]1CNC[C@@H]1OC)c1ccc(OC)cc1. The number of rotatable bonds is 6. The minimum Gasteiger partial charge on any atom is -0.497 e. The number of nitrogens with one attached hydrogen (secondary N) is 2. The molecule has 0 aliphatic carbocycles. The van der Waals surface area contributed by atoms with Crippen LogP contribution >= 0.6 is 0 Å². The molecule has 0 radical (unpaired) electrons. The highest BCUT2D eigenvalue weighted by Crippen LogP contribution is 2.23. The van der Waals surface area contributed by atoms with Crippen LogP contribution in [0.1, 0.15) is 24.8 Å². The van der Waals surface area contributed by atoms with E-state index in [9.17, 15) is 4.79 Å². The van der Waals surface area contributed by atoms with E-state index in [1.54, 1.807) is 14.2 Å². The quantitative estimate of drug-likeness (QED) is 0.829. The number of amides is 1. The lowest BCUT2D eigenvalue weighted by Gasteiger charge is -2.22. The second-order valence-corrected chi connectivity index (χ2v) is 5.28. The minimum atomic E-state index is -0.144. The number of carbonyl (C=O) groups excluding carboxylic acids is 1. The predicted molar refractivity (Wildman–Crippen MR) is 81.6 cm³/mol. The van der Waals surface area contributed by atoms with Crippen LogP contribution < -0.4 is 15.4 Å². The third-order valence-electron chi connectivity index (χ3n) is 4.03. The maximum Gasteiger partial charge on any atom is 0.227 e. The maximum atomic E-state index is 12.5. The van der Waals surface area contributed by atoms with E-state index < -0.39 is 0 Å². The number of methoxy groups -OCH3 is 2. The molecule has 0 bridgehead atoms. The summed E-state index contributed by atoms with van der Waals surface area (Å²) in [7, 11) is 3.31. The van der Waals surface area contributed by atoms with Gasteiger partial charge >= 0.3 is 0 Å². The molecule has 1 heterocycles. The van der Waals surface area contributed by atoms with Crippen LogP contribution in [-0.4, -0.2) is 45.4 Å². The molecule has 0 spiro atoms. The molecule has 1 aromatic rings. The van der Waals surface area contributed by atoms with Gasteiger partial charge in [0.15, 0.2) is 0 Å². The van der Waals surface area contributed by atoms with Crippen molar-refractivity contribution < 1.29 is 14.3 Å². The van der Waals surface area contributed by atoms with Crippen LogP contribution in [-0.2, 0) is 9.53 Å². The average molecular weight is 292 g/mol. The van der Waals surface area contributed by atoms with Gasteiger partial charge in [-0.2, -0.15) is 0 Å². The Hall–Kier alpha value is -1.59. The summed E-state index contributed by atoms with van der Waals surface area (Å²) in [6.07, 6.45) is 0.804. The summed E-state index contributed by atoms with van der Waals surface area (Å²) in [4.78, 5) is 12.5. The van der Waals surface area contributed by atoms with Crippen molar-refractivity contribution in [1.29, 1.82) is 0 Å². The van der Waals surface area contributed by atoms with Gasteiger partial charge in [0.25, 0.3) is 0 Å². The highest BCUT2D eigenvalue weighted by Gasteiger charge is 2.30. The van der Waals surface area contributed by atoms with Crippen molar-refractivity contribution in [2.75, 3.05) is 27.3 Å². The molecule has 2 rings (SSSR count). The number of benzene rings is 1. The number of hydrogen-bond acceptors (Lipinski definition) is 4. The Morgan fingerprint density at radius 1 is 1.33 bits per heavy atom. The topological polar surface area (TPSA) is 59.6 Å². The molecule has 1 saturated heterocycles. The summed E-state index contributed by atoms with van der Waals surface area (Å²) in [6, 6.07) is 7.72. The summed E-state index contributed by atoms with van der Waals surface area (Å²) < 4.78 is 10.5. The smallest absolute Gasteiger partial charge is 0.227 e. The van der Waals surface area contributed by atoms with Gasteiger partial charge in [-0.3, -0.25) is 4.79 Å². The zero-order chi connectivity index (χ0) is 15.2. The number of hydrogen-bond donors (Lipinski definition) is 2. The van der Waals surface area contributed by atoms with Crippen molar-refractivity contribution in [2.24, 2.45) is 0 Å². The van der Waals surface area contributed by atoms with Gasteiger partial charge < -0.3 is 20.1 Å². The van der Waals surface area contributed by atoms with E-state index in [0.29, 0.717) is 0 Å². The number of carbonyl (C=O) groups is 1. The fourth-order valence-electron chi connectivity index (χ4n) is 2.74. The first-order valence-corrected chi connectivity index (χ1v) is 7.37. The Morgan fingerprint density at radius 2 is 2.05 bits per heavy atom. The molecule has 0 unspecified atom stereocenters. The van der Waals surface area contributed by atoms with Gasteiger partial charge in [0, 0.05) is 20.2 Å². The van der Waals surface area contributed by atoms with E-state index in [1.165, 1.54) is 0 Å². The summed E-state index contributed by atoms with van der Waals surface area (Å²) in [6.45, 7) is 3.55. The molecule has 3 atom stereocenters. The van der Waals surface area contributed by atoms with Crippen molar-refractivity contribution in [3.8, 4) is 5.75 Å². The van der Waals surface area contributed by atoms with Crippen molar-refractivity contribution in [3.05, 3.63) is 29.8 Å². The Bertz CT molecular complexity index is 461. The van der Waals surface area contributed by atoms with Crippen LogP contribution in [0.3, 0.4) is 0 Å². The number of ether oxygens (including phenoxy) is 2. The zero-order valence-electron chi connectivity index (χ0n) is 12.9. The summed E-state index contributed by atoms with van der Waals surface area (Å²) in [5.74, 6) is 0.709. The summed E-state index contributed by atoms with van der Waals surface area (Å²) >= 11 is 0. The Balaban J connectivity index is 2.03. The Morgan fingerprint density at radius 3 is 2.62 bits per heavy atom. The highest BCUT2D eigenvalue weighted by atomic mass is 16.5. The van der Waals surface area contributed by atoms with Crippen molar-refractivity contribution in [3.63, 3.8) is 0 Å². The first-order valence-electron chi connectivity index (χ1n) is 7.37. The first-order chi connectivity index (χ1) is 10.2. The van der Waals surface area contributed by atoms with Crippen molar-refractivity contribution >= 4 is 5.91 Å². The molecule has 1 aliphatic rings. The van der Waals surface area contributed by atoms with Crippen LogP contribution in [0.2, 0.25) is 0 Å². The molecule has 0 saturated carbocycles. The molecule has 1 aromatic carbocycles. The summed E-state index contributed by atoms with van der Waals surface area (Å²) in [5, 5.41) is 6.33. The molecule has 1 aliphatic heterocycles. The molecule has 1 fully saturated rings. The van der Waals surface area contributed by atoms with E-state index in [4.69, 9.17) is 9.47 Å². The van der Waals surface area contributed by atoms with Gasteiger partial charge in [0.1, 0.15) is 5.75 Å². The maximum absolute atomic E-state index is 12.5. The van der Waals surface area contributed by atoms with E-state index in [0.717, 1.165) is 30.8 Å². The van der Waals surface area contributed by atoms with Crippen LogP contribution in [0, 0.1) is 0 Å². The minimum absolute atomic E-state index is 0.0369. The van der Waals surface area contributed by atoms with Crippen LogP contribution in [0.5, 0.6) is 5.75 Å². The lowest BCUT2D eigenvalue weighted by Crippen LogP contribution is -2.45. The summed E-state index contributed by atoms with van der Waals surface area (Å²) in [5.41, 5.74) is 1.01. The molecule has 1 amide bonds. The predicted octanol–water partition coefficient (Wildman–Crippen LogP) is 1.29. The Kier molecular flexibility index (Phi) is 5.59. The highest BCUT2D eigenvalue weighted by molar-refractivity contribution is 5.84. The second kappa shape index (κ2) is 7.43.